The maximum absolute atomic E-state index is 5.68. The topological polar surface area (TPSA) is 24.5 Å². The largest absolute Gasteiger partial charge is 0.378 e. The lowest BCUT2D eigenvalue weighted by Gasteiger charge is -2.35. The maximum Gasteiger partial charge on any atom is 0.0588 e. The Morgan fingerprint density at radius 3 is 2.89 bits per heavy atom. The lowest BCUT2D eigenvalue weighted by Crippen LogP contribution is -2.47. The fraction of sp³-hybridized carbons (Fsp3) is 0.625. The van der Waals surface area contributed by atoms with Gasteiger partial charge in [-0.05, 0) is 24.8 Å². The van der Waals surface area contributed by atoms with E-state index in [0.717, 1.165) is 32.2 Å². The van der Waals surface area contributed by atoms with Crippen molar-refractivity contribution in [1.29, 1.82) is 0 Å². The molecule has 1 aromatic rings. The van der Waals surface area contributed by atoms with Crippen LogP contribution in [0.4, 0.5) is 0 Å². The second-order valence-corrected chi connectivity index (χ2v) is 5.80. The summed E-state index contributed by atoms with van der Waals surface area (Å²) >= 11 is 0. The van der Waals surface area contributed by atoms with E-state index >= 15 is 0 Å². The summed E-state index contributed by atoms with van der Waals surface area (Å²) in [4.78, 5) is 2.60. The predicted molar refractivity (Wildman–Crippen MR) is 77.1 cm³/mol. The first-order chi connectivity index (χ1) is 9.33. The lowest BCUT2D eigenvalue weighted by molar-refractivity contribution is 0.0861. The van der Waals surface area contributed by atoms with Crippen LogP contribution < -0.4 is 5.32 Å². The molecule has 3 atom stereocenters. The third-order valence-electron chi connectivity index (χ3n) is 4.49. The molecule has 3 rings (SSSR count). The van der Waals surface area contributed by atoms with Gasteiger partial charge in [0.05, 0.1) is 6.10 Å². The van der Waals surface area contributed by atoms with E-state index in [-0.39, 0.29) is 0 Å². The summed E-state index contributed by atoms with van der Waals surface area (Å²) in [6, 6.07) is 11.3. The molecule has 1 N–H and O–H groups in total. The quantitative estimate of drug-likeness (QED) is 0.900. The maximum atomic E-state index is 5.68. The molecule has 0 spiro atoms. The van der Waals surface area contributed by atoms with E-state index in [0.29, 0.717) is 12.1 Å². The third-order valence-corrected chi connectivity index (χ3v) is 4.49. The molecule has 2 fully saturated rings. The number of ether oxygens (including phenoxy) is 1. The highest BCUT2D eigenvalue weighted by Gasteiger charge is 2.28. The van der Waals surface area contributed by atoms with Gasteiger partial charge in [-0.15, -0.1) is 0 Å². The van der Waals surface area contributed by atoms with E-state index < -0.39 is 0 Å². The van der Waals surface area contributed by atoms with Crippen molar-refractivity contribution in [3.63, 3.8) is 0 Å². The van der Waals surface area contributed by atoms with E-state index in [1.54, 1.807) is 0 Å². The normalized spacial score (nSPS) is 32.6. The smallest absolute Gasteiger partial charge is 0.0588 e. The van der Waals surface area contributed by atoms with Gasteiger partial charge >= 0.3 is 0 Å². The van der Waals surface area contributed by atoms with Crippen LogP contribution in [0.1, 0.15) is 24.9 Å². The summed E-state index contributed by atoms with van der Waals surface area (Å²) in [5.41, 5.74) is 1.41. The Morgan fingerprint density at radius 2 is 2.16 bits per heavy atom. The summed E-state index contributed by atoms with van der Waals surface area (Å²) in [5.74, 6) is 0.717. The summed E-state index contributed by atoms with van der Waals surface area (Å²) < 4.78 is 5.68. The Labute approximate surface area is 115 Å². The summed E-state index contributed by atoms with van der Waals surface area (Å²) in [6.45, 7) is 7.71. The molecular weight excluding hydrogens is 236 g/mol. The van der Waals surface area contributed by atoms with Crippen molar-refractivity contribution in [1.82, 2.24) is 10.2 Å². The lowest BCUT2D eigenvalue weighted by atomic mass is 9.99. The fourth-order valence-electron chi connectivity index (χ4n) is 3.23. The molecule has 2 heterocycles. The fourth-order valence-corrected chi connectivity index (χ4v) is 3.23. The minimum absolute atomic E-state index is 0.435. The highest BCUT2D eigenvalue weighted by molar-refractivity contribution is 5.19. The van der Waals surface area contributed by atoms with E-state index in [1.165, 1.54) is 18.5 Å². The van der Waals surface area contributed by atoms with Gasteiger partial charge in [0.25, 0.3) is 0 Å². The first-order valence-electron chi connectivity index (χ1n) is 7.45. The standard InChI is InChI=1S/C16H24N2O/c1-13-15(7-10-19-13)11-18-9-8-17-16(12-18)14-5-3-2-4-6-14/h2-6,13,15-17H,7-12H2,1H3. The number of hydrogen-bond acceptors (Lipinski definition) is 3. The number of nitrogens with zero attached hydrogens (tertiary/aromatic N) is 1. The molecule has 104 valence electrons. The van der Waals surface area contributed by atoms with E-state index in [1.807, 2.05) is 0 Å². The first-order valence-corrected chi connectivity index (χ1v) is 7.45. The van der Waals surface area contributed by atoms with Crippen molar-refractivity contribution in [3.05, 3.63) is 35.9 Å². The molecule has 0 aliphatic carbocycles. The number of nitrogens with one attached hydrogen (secondary N) is 1. The van der Waals surface area contributed by atoms with Crippen molar-refractivity contribution in [2.75, 3.05) is 32.8 Å². The Hall–Kier alpha value is -0.900. The van der Waals surface area contributed by atoms with Gasteiger partial charge in [-0.2, -0.15) is 0 Å². The average Bonchev–Trinajstić information content (AvgIpc) is 2.86. The molecule has 2 aliphatic heterocycles. The van der Waals surface area contributed by atoms with Crippen LogP contribution >= 0.6 is 0 Å². The van der Waals surface area contributed by atoms with Gasteiger partial charge < -0.3 is 10.1 Å². The van der Waals surface area contributed by atoms with Crippen LogP contribution in [0.3, 0.4) is 0 Å². The van der Waals surface area contributed by atoms with E-state index in [9.17, 15) is 0 Å². The number of rotatable bonds is 3. The van der Waals surface area contributed by atoms with Gasteiger partial charge in [-0.1, -0.05) is 30.3 Å². The minimum Gasteiger partial charge on any atom is -0.378 e. The highest BCUT2D eigenvalue weighted by Crippen LogP contribution is 2.24. The molecule has 0 amide bonds. The van der Waals surface area contributed by atoms with Gasteiger partial charge in [0, 0.05) is 38.8 Å². The van der Waals surface area contributed by atoms with Crippen molar-refractivity contribution in [2.24, 2.45) is 5.92 Å². The molecule has 2 saturated heterocycles. The van der Waals surface area contributed by atoms with E-state index in [2.05, 4.69) is 47.5 Å². The molecular formula is C16H24N2O. The van der Waals surface area contributed by atoms with Crippen molar-refractivity contribution < 1.29 is 4.74 Å². The number of hydrogen-bond donors (Lipinski definition) is 1. The molecule has 2 aliphatic rings. The SMILES string of the molecule is CC1OCCC1CN1CCNC(c2ccccc2)C1. The van der Waals surface area contributed by atoms with Gasteiger partial charge in [0.1, 0.15) is 0 Å². The molecule has 3 heteroatoms. The Bertz CT molecular complexity index is 395. The zero-order valence-corrected chi connectivity index (χ0v) is 11.7. The van der Waals surface area contributed by atoms with Gasteiger partial charge in [0.15, 0.2) is 0 Å². The minimum atomic E-state index is 0.435. The van der Waals surface area contributed by atoms with Crippen LogP contribution in [-0.4, -0.2) is 43.8 Å². The zero-order chi connectivity index (χ0) is 13.1. The molecule has 0 aromatic heterocycles. The molecule has 0 radical (unpaired) electrons. The van der Waals surface area contributed by atoms with Crippen molar-refractivity contribution in [2.45, 2.75) is 25.5 Å². The van der Waals surface area contributed by atoms with Crippen LogP contribution in [0.15, 0.2) is 30.3 Å². The molecule has 0 saturated carbocycles. The molecule has 0 bridgehead atoms. The van der Waals surface area contributed by atoms with Crippen molar-refractivity contribution in [3.8, 4) is 0 Å². The summed E-state index contributed by atoms with van der Waals surface area (Å²) in [6.07, 6.45) is 1.66. The number of piperazine rings is 1. The molecule has 3 nitrogen and oxygen atoms in total. The van der Waals surface area contributed by atoms with E-state index in [4.69, 9.17) is 4.74 Å². The predicted octanol–water partition coefficient (Wildman–Crippen LogP) is 2.06. The first kappa shape index (κ1) is 13.1. The molecule has 19 heavy (non-hydrogen) atoms. The third kappa shape index (κ3) is 3.16. The Morgan fingerprint density at radius 1 is 1.32 bits per heavy atom. The second-order valence-electron chi connectivity index (χ2n) is 5.80. The van der Waals surface area contributed by atoms with Crippen LogP contribution in [0.5, 0.6) is 0 Å². The van der Waals surface area contributed by atoms with Crippen LogP contribution in [0, 0.1) is 5.92 Å². The monoisotopic (exact) mass is 260 g/mol. The van der Waals surface area contributed by atoms with Gasteiger partial charge in [-0.25, -0.2) is 0 Å². The van der Waals surface area contributed by atoms with Gasteiger partial charge in [0.2, 0.25) is 0 Å². The molecule has 1 aromatic carbocycles. The van der Waals surface area contributed by atoms with Gasteiger partial charge in [-0.3, -0.25) is 4.90 Å². The average molecular weight is 260 g/mol. The summed E-state index contributed by atoms with van der Waals surface area (Å²) in [7, 11) is 0. The zero-order valence-electron chi connectivity index (χ0n) is 11.7. The van der Waals surface area contributed by atoms with Crippen LogP contribution in [0.2, 0.25) is 0 Å². The van der Waals surface area contributed by atoms with Crippen LogP contribution in [0.25, 0.3) is 0 Å². The number of benzene rings is 1. The Kier molecular flexibility index (Phi) is 4.16. The van der Waals surface area contributed by atoms with Crippen LogP contribution in [-0.2, 0) is 4.74 Å². The second kappa shape index (κ2) is 6.04. The highest BCUT2D eigenvalue weighted by atomic mass is 16.5. The van der Waals surface area contributed by atoms with Crippen molar-refractivity contribution >= 4 is 0 Å². The summed E-state index contributed by atoms with van der Waals surface area (Å²) in [5, 5.41) is 3.63. The molecule has 3 unspecified atom stereocenters. The Balaban J connectivity index is 1.59.